The van der Waals surface area contributed by atoms with Crippen LogP contribution in [-0.4, -0.2) is 16.9 Å². The van der Waals surface area contributed by atoms with Gasteiger partial charge >= 0.3 is 0 Å². The molecule has 1 aliphatic rings. The van der Waals surface area contributed by atoms with Crippen LogP contribution in [0.2, 0.25) is 0 Å². The molecule has 3 rings (SSSR count). The zero-order valence-corrected chi connectivity index (χ0v) is 12.5. The van der Waals surface area contributed by atoms with E-state index in [0.29, 0.717) is 12.4 Å². The van der Waals surface area contributed by atoms with Crippen molar-refractivity contribution in [2.75, 3.05) is 0 Å². The Morgan fingerprint density at radius 1 is 1.32 bits per heavy atom. The highest BCUT2D eigenvalue weighted by Gasteiger charge is 2.25. The van der Waals surface area contributed by atoms with Crippen molar-refractivity contribution in [2.24, 2.45) is 11.7 Å². The zero-order valence-electron chi connectivity index (χ0n) is 12.5. The van der Waals surface area contributed by atoms with E-state index in [1.54, 1.807) is 6.26 Å². The Balaban J connectivity index is 1.56. The summed E-state index contributed by atoms with van der Waals surface area (Å²) in [5, 5.41) is 2.94. The van der Waals surface area contributed by atoms with Crippen molar-refractivity contribution in [3.63, 3.8) is 0 Å². The van der Waals surface area contributed by atoms with Crippen LogP contribution in [0.4, 0.5) is 0 Å². The maximum absolute atomic E-state index is 12.2. The fourth-order valence-electron chi connectivity index (χ4n) is 2.89. The van der Waals surface area contributed by atoms with Crippen LogP contribution in [0.15, 0.2) is 41.0 Å². The predicted molar refractivity (Wildman–Crippen MR) is 83.7 cm³/mol. The van der Waals surface area contributed by atoms with Gasteiger partial charge in [0.1, 0.15) is 6.26 Å². The topological polar surface area (TPSA) is 81.2 Å². The first-order valence-corrected chi connectivity index (χ1v) is 7.75. The molecular weight excluding hydrogens is 278 g/mol. The molecule has 1 aromatic carbocycles. The Morgan fingerprint density at radius 2 is 2.14 bits per heavy atom. The summed E-state index contributed by atoms with van der Waals surface area (Å²) in [6.07, 6.45) is 5.34. The number of rotatable bonds is 4. The summed E-state index contributed by atoms with van der Waals surface area (Å²) in [4.78, 5) is 16.6. The molecule has 2 aromatic rings. The van der Waals surface area contributed by atoms with E-state index in [-0.39, 0.29) is 17.9 Å². The normalized spacial score (nSPS) is 21.5. The van der Waals surface area contributed by atoms with Crippen LogP contribution in [0, 0.1) is 5.92 Å². The highest BCUT2D eigenvalue weighted by atomic mass is 16.3. The van der Waals surface area contributed by atoms with Gasteiger partial charge in [0.05, 0.1) is 12.2 Å². The van der Waals surface area contributed by atoms with Crippen molar-refractivity contribution in [1.82, 2.24) is 10.3 Å². The zero-order chi connectivity index (χ0) is 15.4. The highest BCUT2D eigenvalue weighted by molar-refractivity contribution is 5.78. The van der Waals surface area contributed by atoms with E-state index < -0.39 is 0 Å². The van der Waals surface area contributed by atoms with Crippen LogP contribution in [0.25, 0.3) is 11.5 Å². The van der Waals surface area contributed by atoms with Crippen molar-refractivity contribution in [3.8, 4) is 11.5 Å². The lowest BCUT2D eigenvalue weighted by atomic mass is 9.85. The molecule has 0 spiro atoms. The summed E-state index contributed by atoms with van der Waals surface area (Å²) in [5.41, 5.74) is 7.59. The molecule has 22 heavy (non-hydrogen) atoms. The number of nitrogens with two attached hydrogens (primary N) is 1. The lowest BCUT2D eigenvalue weighted by Crippen LogP contribution is -2.37. The average Bonchev–Trinajstić information content (AvgIpc) is 3.02. The van der Waals surface area contributed by atoms with E-state index in [1.165, 1.54) is 0 Å². The van der Waals surface area contributed by atoms with Crippen LogP contribution in [0.5, 0.6) is 0 Å². The van der Waals surface area contributed by atoms with Gasteiger partial charge in [-0.05, 0) is 31.4 Å². The third kappa shape index (κ3) is 3.54. The monoisotopic (exact) mass is 299 g/mol. The van der Waals surface area contributed by atoms with Gasteiger partial charge in [0.15, 0.2) is 0 Å². The van der Waals surface area contributed by atoms with E-state index >= 15 is 0 Å². The number of oxazole rings is 1. The Morgan fingerprint density at radius 3 is 2.91 bits per heavy atom. The molecule has 1 heterocycles. The molecule has 2 atom stereocenters. The van der Waals surface area contributed by atoms with Crippen molar-refractivity contribution in [2.45, 2.75) is 38.3 Å². The van der Waals surface area contributed by atoms with Gasteiger partial charge in [-0.25, -0.2) is 4.98 Å². The molecule has 1 amide bonds. The second kappa shape index (κ2) is 6.75. The Hall–Kier alpha value is -2.14. The van der Waals surface area contributed by atoms with Crippen LogP contribution in [0.3, 0.4) is 0 Å². The van der Waals surface area contributed by atoms with E-state index in [9.17, 15) is 4.79 Å². The van der Waals surface area contributed by atoms with Gasteiger partial charge in [-0.3, -0.25) is 4.79 Å². The lowest BCUT2D eigenvalue weighted by Gasteiger charge is -2.25. The summed E-state index contributed by atoms with van der Waals surface area (Å²) in [7, 11) is 0. The molecular formula is C17H21N3O2. The summed E-state index contributed by atoms with van der Waals surface area (Å²) in [6.45, 7) is 0.390. The van der Waals surface area contributed by atoms with Crippen LogP contribution < -0.4 is 11.1 Å². The fourth-order valence-corrected chi connectivity index (χ4v) is 2.89. The van der Waals surface area contributed by atoms with Crippen LogP contribution in [0.1, 0.15) is 31.4 Å². The van der Waals surface area contributed by atoms with Crippen molar-refractivity contribution in [3.05, 3.63) is 42.3 Å². The predicted octanol–water partition coefficient (Wildman–Crippen LogP) is 2.48. The molecule has 0 radical (unpaired) electrons. The van der Waals surface area contributed by atoms with Gasteiger partial charge in [-0.15, -0.1) is 0 Å². The second-order valence-electron chi connectivity index (χ2n) is 5.85. The number of amides is 1. The number of nitrogens with zero attached hydrogens (tertiary/aromatic N) is 1. The van der Waals surface area contributed by atoms with Gasteiger partial charge in [0.25, 0.3) is 0 Å². The van der Waals surface area contributed by atoms with Gasteiger partial charge < -0.3 is 15.5 Å². The molecule has 116 valence electrons. The minimum Gasteiger partial charge on any atom is -0.444 e. The Labute approximate surface area is 129 Å². The van der Waals surface area contributed by atoms with Crippen molar-refractivity contribution < 1.29 is 9.21 Å². The summed E-state index contributed by atoms with van der Waals surface area (Å²) >= 11 is 0. The van der Waals surface area contributed by atoms with Crippen LogP contribution >= 0.6 is 0 Å². The fraction of sp³-hybridized carbons (Fsp3) is 0.412. The number of carbonyl (C=O) groups excluding carboxylic acids is 1. The molecule has 5 nitrogen and oxygen atoms in total. The number of hydrogen-bond donors (Lipinski definition) is 2. The average molecular weight is 299 g/mol. The minimum absolute atomic E-state index is 0.0317. The number of nitrogens with one attached hydrogen (secondary N) is 1. The van der Waals surface area contributed by atoms with Gasteiger partial charge in [-0.2, -0.15) is 0 Å². The first-order chi connectivity index (χ1) is 10.7. The first-order valence-electron chi connectivity index (χ1n) is 7.75. The SMILES string of the molecule is NC1CCCC(C(=O)NCc2coc(-c3ccccc3)n2)C1. The summed E-state index contributed by atoms with van der Waals surface area (Å²) in [6, 6.07) is 9.86. The first kappa shape index (κ1) is 14.8. The largest absolute Gasteiger partial charge is 0.444 e. The molecule has 0 aliphatic heterocycles. The van der Waals surface area contributed by atoms with E-state index in [1.807, 2.05) is 30.3 Å². The molecule has 5 heteroatoms. The lowest BCUT2D eigenvalue weighted by molar-refractivity contribution is -0.126. The molecule has 1 saturated carbocycles. The Bertz CT molecular complexity index is 624. The third-order valence-electron chi connectivity index (χ3n) is 4.10. The summed E-state index contributed by atoms with van der Waals surface area (Å²) < 4.78 is 5.46. The number of aromatic nitrogens is 1. The molecule has 0 saturated heterocycles. The molecule has 1 aromatic heterocycles. The van der Waals surface area contributed by atoms with E-state index in [0.717, 1.165) is 36.9 Å². The second-order valence-corrected chi connectivity index (χ2v) is 5.85. The highest BCUT2D eigenvalue weighted by Crippen LogP contribution is 2.23. The number of hydrogen-bond acceptors (Lipinski definition) is 4. The molecule has 0 bridgehead atoms. The number of benzene rings is 1. The van der Waals surface area contributed by atoms with Gasteiger partial charge in [-0.1, -0.05) is 24.6 Å². The minimum atomic E-state index is 0.0317. The van der Waals surface area contributed by atoms with E-state index in [2.05, 4.69) is 10.3 Å². The Kier molecular flexibility index (Phi) is 4.53. The van der Waals surface area contributed by atoms with Crippen molar-refractivity contribution >= 4 is 5.91 Å². The molecule has 1 aliphatic carbocycles. The molecule has 3 N–H and O–H groups in total. The quantitative estimate of drug-likeness (QED) is 0.908. The molecule has 2 unspecified atom stereocenters. The maximum atomic E-state index is 12.2. The van der Waals surface area contributed by atoms with Crippen LogP contribution in [-0.2, 0) is 11.3 Å². The number of carbonyl (C=O) groups is 1. The smallest absolute Gasteiger partial charge is 0.226 e. The van der Waals surface area contributed by atoms with Gasteiger partial charge in [0, 0.05) is 17.5 Å². The third-order valence-corrected chi connectivity index (χ3v) is 4.10. The van der Waals surface area contributed by atoms with E-state index in [4.69, 9.17) is 10.2 Å². The van der Waals surface area contributed by atoms with Crippen molar-refractivity contribution in [1.29, 1.82) is 0 Å². The molecule has 1 fully saturated rings. The maximum Gasteiger partial charge on any atom is 0.226 e. The van der Waals surface area contributed by atoms with Gasteiger partial charge in [0.2, 0.25) is 11.8 Å². The standard InChI is InChI=1S/C17H21N3O2/c18-14-8-4-7-13(9-14)16(21)19-10-15-11-22-17(20-15)12-5-2-1-3-6-12/h1-3,5-6,11,13-14H,4,7-10,18H2,(H,19,21). The summed E-state index contributed by atoms with van der Waals surface area (Å²) in [5.74, 6) is 0.674.